The molecule has 1 amide bonds. The van der Waals surface area contributed by atoms with Gasteiger partial charge in [-0.2, -0.15) is 5.26 Å². The fourth-order valence-corrected chi connectivity index (χ4v) is 2.09. The van der Waals surface area contributed by atoms with Crippen LogP contribution in [0.25, 0.3) is 0 Å². The first kappa shape index (κ1) is 18.0. The lowest BCUT2D eigenvalue weighted by atomic mass is 10.1. The number of nitriles is 1. The Morgan fingerprint density at radius 1 is 1.04 bits per heavy atom. The third-order valence-corrected chi connectivity index (χ3v) is 3.29. The highest BCUT2D eigenvalue weighted by Gasteiger charge is 2.09. The molecule has 0 heterocycles. The van der Waals surface area contributed by atoms with E-state index in [1.54, 1.807) is 42.5 Å². The van der Waals surface area contributed by atoms with Gasteiger partial charge in [-0.3, -0.25) is 9.59 Å². The Morgan fingerprint density at radius 2 is 1.72 bits per heavy atom. The number of anilines is 1. The SMILES string of the molecule is CC(=O)Nc1ccc(C(C)=O)cc1OCCOc1ccc(C#N)cc1. The van der Waals surface area contributed by atoms with Gasteiger partial charge in [0.25, 0.3) is 0 Å². The molecule has 0 fully saturated rings. The van der Waals surface area contributed by atoms with Crippen molar-refractivity contribution in [2.45, 2.75) is 13.8 Å². The van der Waals surface area contributed by atoms with Gasteiger partial charge in [0.2, 0.25) is 5.91 Å². The van der Waals surface area contributed by atoms with Gasteiger partial charge in [0, 0.05) is 12.5 Å². The molecule has 2 aromatic rings. The van der Waals surface area contributed by atoms with Crippen molar-refractivity contribution in [3.05, 3.63) is 53.6 Å². The molecule has 128 valence electrons. The van der Waals surface area contributed by atoms with Gasteiger partial charge in [0.05, 0.1) is 17.3 Å². The number of nitrogens with one attached hydrogen (secondary N) is 1. The first-order valence-electron chi connectivity index (χ1n) is 7.68. The molecular weight excluding hydrogens is 320 g/mol. The fourth-order valence-electron chi connectivity index (χ4n) is 2.09. The summed E-state index contributed by atoms with van der Waals surface area (Å²) in [6, 6.07) is 13.6. The van der Waals surface area contributed by atoms with Crippen molar-refractivity contribution < 1.29 is 19.1 Å². The Bertz CT molecular complexity index is 807. The number of benzene rings is 2. The average Bonchev–Trinajstić information content (AvgIpc) is 2.59. The molecule has 0 radical (unpaired) electrons. The van der Waals surface area contributed by atoms with Crippen molar-refractivity contribution in [2.75, 3.05) is 18.5 Å². The van der Waals surface area contributed by atoms with Crippen molar-refractivity contribution >= 4 is 17.4 Å². The Morgan fingerprint density at radius 3 is 2.32 bits per heavy atom. The molecule has 6 nitrogen and oxygen atoms in total. The van der Waals surface area contributed by atoms with Gasteiger partial charge in [-0.05, 0) is 49.4 Å². The van der Waals surface area contributed by atoms with Crippen LogP contribution in [0.15, 0.2) is 42.5 Å². The zero-order chi connectivity index (χ0) is 18.2. The van der Waals surface area contributed by atoms with E-state index in [2.05, 4.69) is 5.32 Å². The molecule has 0 aromatic heterocycles. The van der Waals surface area contributed by atoms with Crippen LogP contribution in [0.4, 0.5) is 5.69 Å². The quantitative estimate of drug-likeness (QED) is 0.619. The van der Waals surface area contributed by atoms with Crippen LogP contribution in [-0.2, 0) is 4.79 Å². The molecule has 0 saturated heterocycles. The van der Waals surface area contributed by atoms with Gasteiger partial charge in [0.15, 0.2) is 5.78 Å². The van der Waals surface area contributed by atoms with Gasteiger partial charge in [-0.25, -0.2) is 0 Å². The van der Waals surface area contributed by atoms with E-state index in [9.17, 15) is 9.59 Å². The van der Waals surface area contributed by atoms with E-state index in [4.69, 9.17) is 14.7 Å². The van der Waals surface area contributed by atoms with Gasteiger partial charge in [-0.1, -0.05) is 0 Å². The molecular formula is C19H18N2O4. The van der Waals surface area contributed by atoms with Crippen molar-refractivity contribution in [3.8, 4) is 17.6 Å². The zero-order valence-electron chi connectivity index (χ0n) is 14.0. The van der Waals surface area contributed by atoms with E-state index < -0.39 is 0 Å². The van der Waals surface area contributed by atoms with E-state index in [1.807, 2.05) is 6.07 Å². The number of hydrogen-bond donors (Lipinski definition) is 1. The highest BCUT2D eigenvalue weighted by atomic mass is 16.5. The lowest BCUT2D eigenvalue weighted by Gasteiger charge is -2.13. The lowest BCUT2D eigenvalue weighted by Crippen LogP contribution is -2.12. The number of amides is 1. The van der Waals surface area contributed by atoms with Gasteiger partial charge >= 0.3 is 0 Å². The third-order valence-electron chi connectivity index (χ3n) is 3.29. The van der Waals surface area contributed by atoms with E-state index in [0.29, 0.717) is 28.3 Å². The second-order valence-corrected chi connectivity index (χ2v) is 5.28. The topological polar surface area (TPSA) is 88.4 Å². The van der Waals surface area contributed by atoms with Crippen LogP contribution < -0.4 is 14.8 Å². The number of nitrogens with zero attached hydrogens (tertiary/aromatic N) is 1. The smallest absolute Gasteiger partial charge is 0.221 e. The number of carbonyl (C=O) groups excluding carboxylic acids is 2. The number of ketones is 1. The summed E-state index contributed by atoms with van der Waals surface area (Å²) in [5, 5.41) is 11.4. The maximum atomic E-state index is 11.5. The lowest BCUT2D eigenvalue weighted by molar-refractivity contribution is -0.114. The minimum Gasteiger partial charge on any atom is -0.490 e. The minimum absolute atomic E-state index is 0.0898. The minimum atomic E-state index is -0.228. The van der Waals surface area contributed by atoms with Crippen LogP contribution in [0.3, 0.4) is 0 Å². The second kappa shape index (κ2) is 8.50. The van der Waals surface area contributed by atoms with Crippen molar-refractivity contribution in [1.29, 1.82) is 5.26 Å². The molecule has 0 aliphatic carbocycles. The number of rotatable bonds is 7. The number of Topliss-reactive ketones (excluding diaryl/α,β-unsaturated/α-hetero) is 1. The Kier molecular flexibility index (Phi) is 6.13. The summed E-state index contributed by atoms with van der Waals surface area (Å²) in [6.45, 7) is 3.37. The summed E-state index contributed by atoms with van der Waals surface area (Å²) in [5.41, 5.74) is 1.55. The van der Waals surface area contributed by atoms with E-state index in [0.717, 1.165) is 0 Å². The predicted octanol–water partition coefficient (Wildman–Crippen LogP) is 3.18. The highest BCUT2D eigenvalue weighted by molar-refractivity contribution is 5.96. The van der Waals surface area contributed by atoms with Gasteiger partial charge < -0.3 is 14.8 Å². The van der Waals surface area contributed by atoms with Gasteiger partial charge in [0.1, 0.15) is 24.7 Å². The van der Waals surface area contributed by atoms with Crippen LogP contribution in [0.2, 0.25) is 0 Å². The summed E-state index contributed by atoms with van der Waals surface area (Å²) in [7, 11) is 0. The summed E-state index contributed by atoms with van der Waals surface area (Å²) in [5.74, 6) is 0.718. The average molecular weight is 338 g/mol. The standard InChI is InChI=1S/C19H18N2O4/c1-13(22)16-5-8-18(21-14(2)23)19(11-16)25-10-9-24-17-6-3-15(12-20)4-7-17/h3-8,11H,9-10H2,1-2H3,(H,21,23). The molecule has 0 spiro atoms. The normalized spacial score (nSPS) is 9.80. The molecule has 0 bridgehead atoms. The first-order chi connectivity index (χ1) is 12.0. The molecule has 25 heavy (non-hydrogen) atoms. The van der Waals surface area contributed by atoms with Crippen LogP contribution in [0.1, 0.15) is 29.8 Å². The van der Waals surface area contributed by atoms with E-state index in [1.165, 1.54) is 13.8 Å². The maximum absolute atomic E-state index is 11.5. The molecule has 1 N–H and O–H groups in total. The molecule has 0 aliphatic heterocycles. The summed E-state index contributed by atoms with van der Waals surface area (Å²) in [6.07, 6.45) is 0. The van der Waals surface area contributed by atoms with Crippen LogP contribution in [0, 0.1) is 11.3 Å². The molecule has 0 unspecified atom stereocenters. The predicted molar refractivity (Wildman–Crippen MR) is 92.9 cm³/mol. The summed E-state index contributed by atoms with van der Waals surface area (Å²) < 4.78 is 11.2. The summed E-state index contributed by atoms with van der Waals surface area (Å²) >= 11 is 0. The largest absolute Gasteiger partial charge is 0.490 e. The monoisotopic (exact) mass is 338 g/mol. The van der Waals surface area contributed by atoms with Crippen LogP contribution >= 0.6 is 0 Å². The highest BCUT2D eigenvalue weighted by Crippen LogP contribution is 2.26. The first-order valence-corrected chi connectivity index (χ1v) is 7.68. The fraction of sp³-hybridized carbons (Fsp3) is 0.211. The summed E-state index contributed by atoms with van der Waals surface area (Å²) in [4.78, 5) is 22.8. The van der Waals surface area contributed by atoms with Crippen molar-refractivity contribution in [2.24, 2.45) is 0 Å². The Balaban J connectivity index is 1.98. The number of hydrogen-bond acceptors (Lipinski definition) is 5. The Labute approximate surface area is 146 Å². The van der Waals surface area contributed by atoms with E-state index in [-0.39, 0.29) is 24.9 Å². The molecule has 6 heteroatoms. The third kappa shape index (κ3) is 5.36. The molecule has 0 atom stereocenters. The van der Waals surface area contributed by atoms with Crippen LogP contribution in [-0.4, -0.2) is 24.9 Å². The zero-order valence-corrected chi connectivity index (χ0v) is 14.0. The maximum Gasteiger partial charge on any atom is 0.221 e. The van der Waals surface area contributed by atoms with Crippen molar-refractivity contribution in [3.63, 3.8) is 0 Å². The molecule has 0 aliphatic rings. The number of ether oxygens (including phenoxy) is 2. The van der Waals surface area contributed by atoms with Gasteiger partial charge in [-0.15, -0.1) is 0 Å². The Hall–Kier alpha value is -3.33. The molecule has 2 rings (SSSR count). The molecule has 0 saturated carbocycles. The molecule has 2 aromatic carbocycles. The number of carbonyl (C=O) groups is 2. The van der Waals surface area contributed by atoms with Crippen LogP contribution in [0.5, 0.6) is 11.5 Å². The second-order valence-electron chi connectivity index (χ2n) is 5.28. The van der Waals surface area contributed by atoms with E-state index >= 15 is 0 Å². The van der Waals surface area contributed by atoms with Crippen molar-refractivity contribution in [1.82, 2.24) is 0 Å².